The number of nitrogens with two attached hydrogens (primary N) is 1. The molecule has 0 saturated heterocycles. The Morgan fingerprint density at radius 1 is 1.50 bits per heavy atom. The molecule has 1 heterocycles. The molecule has 0 aliphatic carbocycles. The van der Waals surface area contributed by atoms with Crippen LogP contribution in [0.25, 0.3) is 0 Å². The number of benzene rings is 1. The van der Waals surface area contributed by atoms with E-state index in [1.807, 2.05) is 13.3 Å². The van der Waals surface area contributed by atoms with Gasteiger partial charge in [-0.3, -0.25) is 0 Å². The summed E-state index contributed by atoms with van der Waals surface area (Å²) in [7, 11) is 0. The number of hydrogen-bond donors (Lipinski definition) is 1. The summed E-state index contributed by atoms with van der Waals surface area (Å²) in [6, 6.07) is 6.61. The van der Waals surface area contributed by atoms with E-state index in [0.29, 0.717) is 0 Å². The van der Waals surface area contributed by atoms with Gasteiger partial charge in [-0.2, -0.15) is 0 Å². The SMILES string of the molecule is C[CH]C(N)N1CCc2ccc(C)cc21. The molecule has 75 valence electrons. The van der Waals surface area contributed by atoms with Gasteiger partial charge in [-0.25, -0.2) is 0 Å². The standard InChI is InChI=1S/C12H17N2/c1-3-12(13)14-7-6-10-5-4-9(2)8-11(10)14/h3-5,8,12H,6-7,13H2,1-2H3. The Hall–Kier alpha value is -1.02. The fourth-order valence-electron chi connectivity index (χ4n) is 2.00. The van der Waals surface area contributed by atoms with Crippen LogP contribution in [0.5, 0.6) is 0 Å². The van der Waals surface area contributed by atoms with Crippen LogP contribution in [-0.2, 0) is 6.42 Å². The predicted molar refractivity (Wildman–Crippen MR) is 60.2 cm³/mol. The first kappa shape index (κ1) is 9.53. The smallest absolute Gasteiger partial charge is 0.0800 e. The highest BCUT2D eigenvalue weighted by Crippen LogP contribution is 2.29. The van der Waals surface area contributed by atoms with Gasteiger partial charge in [-0.1, -0.05) is 19.1 Å². The summed E-state index contributed by atoms with van der Waals surface area (Å²) in [4.78, 5) is 2.27. The zero-order valence-corrected chi connectivity index (χ0v) is 8.83. The third-order valence-electron chi connectivity index (χ3n) is 2.87. The van der Waals surface area contributed by atoms with Crippen molar-refractivity contribution in [2.45, 2.75) is 26.4 Å². The van der Waals surface area contributed by atoms with Crippen molar-refractivity contribution >= 4 is 5.69 Å². The minimum absolute atomic E-state index is 0.0537. The van der Waals surface area contributed by atoms with E-state index in [-0.39, 0.29) is 6.17 Å². The van der Waals surface area contributed by atoms with Crippen molar-refractivity contribution in [3.63, 3.8) is 0 Å². The average Bonchev–Trinajstić information content (AvgIpc) is 2.59. The Morgan fingerprint density at radius 3 is 3.00 bits per heavy atom. The molecule has 1 radical (unpaired) electrons. The molecule has 1 aliphatic heterocycles. The van der Waals surface area contributed by atoms with Crippen molar-refractivity contribution in [3.05, 3.63) is 35.7 Å². The molecule has 0 amide bonds. The van der Waals surface area contributed by atoms with E-state index in [0.717, 1.165) is 13.0 Å². The van der Waals surface area contributed by atoms with E-state index in [1.54, 1.807) is 0 Å². The Kier molecular flexibility index (Phi) is 2.46. The van der Waals surface area contributed by atoms with Gasteiger partial charge in [0.25, 0.3) is 0 Å². The third kappa shape index (κ3) is 1.50. The highest BCUT2D eigenvalue weighted by Gasteiger charge is 2.22. The molecule has 0 spiro atoms. The van der Waals surface area contributed by atoms with E-state index in [4.69, 9.17) is 5.73 Å². The fourth-order valence-corrected chi connectivity index (χ4v) is 2.00. The van der Waals surface area contributed by atoms with Crippen LogP contribution in [0.3, 0.4) is 0 Å². The van der Waals surface area contributed by atoms with Crippen molar-refractivity contribution in [2.24, 2.45) is 5.73 Å². The van der Waals surface area contributed by atoms with Crippen molar-refractivity contribution in [1.29, 1.82) is 0 Å². The molecule has 0 bridgehead atoms. The van der Waals surface area contributed by atoms with Crippen LogP contribution in [0.4, 0.5) is 5.69 Å². The Bertz CT molecular complexity index is 333. The molecule has 1 aliphatic rings. The Balaban J connectivity index is 2.33. The van der Waals surface area contributed by atoms with E-state index in [1.165, 1.54) is 16.8 Å². The summed E-state index contributed by atoms with van der Waals surface area (Å²) in [6.45, 7) is 5.18. The van der Waals surface area contributed by atoms with E-state index in [9.17, 15) is 0 Å². The van der Waals surface area contributed by atoms with Gasteiger partial charge in [-0.05, 0) is 37.0 Å². The second-order valence-corrected chi connectivity index (χ2v) is 3.90. The maximum Gasteiger partial charge on any atom is 0.0800 e. The van der Waals surface area contributed by atoms with Crippen molar-refractivity contribution in [3.8, 4) is 0 Å². The molecule has 1 unspecified atom stereocenters. The average molecular weight is 189 g/mol. The molecule has 0 aromatic heterocycles. The second-order valence-electron chi connectivity index (χ2n) is 3.90. The molecule has 1 aromatic rings. The zero-order chi connectivity index (χ0) is 10.1. The third-order valence-corrected chi connectivity index (χ3v) is 2.87. The first-order valence-corrected chi connectivity index (χ1v) is 5.13. The van der Waals surface area contributed by atoms with Gasteiger partial charge in [0.1, 0.15) is 0 Å². The molecule has 14 heavy (non-hydrogen) atoms. The molecule has 2 rings (SSSR count). The normalized spacial score (nSPS) is 16.9. The summed E-state index contributed by atoms with van der Waals surface area (Å²) >= 11 is 0. The lowest BCUT2D eigenvalue weighted by atomic mass is 10.1. The van der Waals surface area contributed by atoms with Gasteiger partial charge < -0.3 is 10.6 Å². The summed E-state index contributed by atoms with van der Waals surface area (Å²) in [6.07, 6.45) is 3.22. The quantitative estimate of drug-likeness (QED) is 0.769. The first-order valence-electron chi connectivity index (χ1n) is 5.13. The molecule has 2 N–H and O–H groups in total. The van der Waals surface area contributed by atoms with Crippen LogP contribution in [0.2, 0.25) is 0 Å². The highest BCUT2D eigenvalue weighted by molar-refractivity contribution is 5.60. The van der Waals surface area contributed by atoms with Crippen LogP contribution >= 0.6 is 0 Å². The number of nitrogens with zero attached hydrogens (tertiary/aromatic N) is 1. The summed E-state index contributed by atoms with van der Waals surface area (Å²) in [5, 5.41) is 0. The molecule has 1 atom stereocenters. The minimum Gasteiger partial charge on any atom is -0.355 e. The van der Waals surface area contributed by atoms with E-state index in [2.05, 4.69) is 30.0 Å². The van der Waals surface area contributed by atoms with E-state index >= 15 is 0 Å². The lowest BCUT2D eigenvalue weighted by Crippen LogP contribution is -2.40. The second kappa shape index (κ2) is 3.62. The molecule has 1 aromatic carbocycles. The van der Waals surface area contributed by atoms with Gasteiger partial charge in [-0.15, -0.1) is 0 Å². The number of hydrogen-bond acceptors (Lipinski definition) is 2. The predicted octanol–water partition coefficient (Wildman–Crippen LogP) is 1.87. The van der Waals surface area contributed by atoms with Crippen molar-refractivity contribution in [2.75, 3.05) is 11.4 Å². The molecule has 0 fully saturated rings. The van der Waals surface area contributed by atoms with Crippen LogP contribution in [-0.4, -0.2) is 12.7 Å². The lowest BCUT2D eigenvalue weighted by Gasteiger charge is -2.26. The topological polar surface area (TPSA) is 29.3 Å². The zero-order valence-electron chi connectivity index (χ0n) is 8.83. The monoisotopic (exact) mass is 189 g/mol. The van der Waals surface area contributed by atoms with Crippen LogP contribution < -0.4 is 10.6 Å². The van der Waals surface area contributed by atoms with Crippen molar-refractivity contribution in [1.82, 2.24) is 0 Å². The highest BCUT2D eigenvalue weighted by atomic mass is 15.2. The molecular formula is C12H17N2. The number of aryl methyl sites for hydroxylation is 1. The summed E-state index contributed by atoms with van der Waals surface area (Å²) in [5.74, 6) is 0. The van der Waals surface area contributed by atoms with Gasteiger partial charge in [0.15, 0.2) is 0 Å². The summed E-state index contributed by atoms with van der Waals surface area (Å²) in [5.41, 5.74) is 10.1. The molecule has 2 nitrogen and oxygen atoms in total. The largest absolute Gasteiger partial charge is 0.355 e. The minimum atomic E-state index is 0.0537. The Labute approximate surface area is 85.7 Å². The first-order chi connectivity index (χ1) is 6.72. The maximum absolute atomic E-state index is 6.01. The number of fused-ring (bicyclic) bond motifs is 1. The van der Waals surface area contributed by atoms with Crippen molar-refractivity contribution < 1.29 is 0 Å². The molecule has 2 heteroatoms. The van der Waals surface area contributed by atoms with Crippen LogP contribution in [0.15, 0.2) is 18.2 Å². The Morgan fingerprint density at radius 2 is 2.29 bits per heavy atom. The summed E-state index contributed by atoms with van der Waals surface area (Å²) < 4.78 is 0. The van der Waals surface area contributed by atoms with Gasteiger partial charge in [0.05, 0.1) is 6.17 Å². The maximum atomic E-state index is 6.01. The lowest BCUT2D eigenvalue weighted by molar-refractivity contribution is 0.699. The van der Waals surface area contributed by atoms with Gasteiger partial charge in [0, 0.05) is 12.2 Å². The number of anilines is 1. The van der Waals surface area contributed by atoms with Crippen LogP contribution in [0.1, 0.15) is 18.1 Å². The van der Waals surface area contributed by atoms with Crippen LogP contribution in [0, 0.1) is 13.3 Å². The van der Waals surface area contributed by atoms with Gasteiger partial charge in [0.2, 0.25) is 0 Å². The fraction of sp³-hybridized carbons (Fsp3) is 0.417. The molecule has 0 saturated carbocycles. The molecular weight excluding hydrogens is 172 g/mol. The van der Waals surface area contributed by atoms with E-state index < -0.39 is 0 Å². The number of rotatable bonds is 2. The van der Waals surface area contributed by atoms with Gasteiger partial charge >= 0.3 is 0 Å².